The summed E-state index contributed by atoms with van der Waals surface area (Å²) in [5.74, 6) is 0.564. The van der Waals surface area contributed by atoms with Gasteiger partial charge in [-0.3, -0.25) is 0 Å². The van der Waals surface area contributed by atoms with Crippen LogP contribution >= 0.6 is 11.6 Å². The van der Waals surface area contributed by atoms with Crippen LogP contribution in [0, 0.1) is 6.92 Å². The van der Waals surface area contributed by atoms with Crippen LogP contribution in [0.2, 0.25) is 5.02 Å². The molecule has 4 heteroatoms. The standard InChI is InChI=1S/C14H14ClNO2/c1-9-12(16(2)3)11(15)14(17)18-13(9)10-7-5-4-6-8-10/h4-8H,1-3H3. The molecule has 0 amide bonds. The van der Waals surface area contributed by atoms with Gasteiger partial charge in [0, 0.05) is 25.2 Å². The number of hydrogen-bond donors (Lipinski definition) is 0. The van der Waals surface area contributed by atoms with Crippen molar-refractivity contribution in [3.8, 4) is 11.3 Å². The van der Waals surface area contributed by atoms with Gasteiger partial charge in [0.2, 0.25) is 0 Å². The van der Waals surface area contributed by atoms with E-state index in [0.717, 1.165) is 11.1 Å². The van der Waals surface area contributed by atoms with Crippen LogP contribution in [-0.2, 0) is 0 Å². The molecule has 0 saturated heterocycles. The minimum absolute atomic E-state index is 0.122. The van der Waals surface area contributed by atoms with Crippen LogP contribution in [0.4, 0.5) is 5.69 Å². The van der Waals surface area contributed by atoms with Crippen molar-refractivity contribution in [2.75, 3.05) is 19.0 Å². The first-order valence-electron chi connectivity index (χ1n) is 5.58. The quantitative estimate of drug-likeness (QED) is 0.833. The molecule has 94 valence electrons. The normalized spacial score (nSPS) is 10.4. The molecule has 2 aromatic rings. The van der Waals surface area contributed by atoms with Crippen LogP contribution in [-0.4, -0.2) is 14.1 Å². The van der Waals surface area contributed by atoms with E-state index in [9.17, 15) is 4.79 Å². The fourth-order valence-corrected chi connectivity index (χ4v) is 2.33. The fourth-order valence-electron chi connectivity index (χ4n) is 1.98. The van der Waals surface area contributed by atoms with Crippen molar-refractivity contribution in [1.29, 1.82) is 0 Å². The molecule has 2 rings (SSSR count). The molecule has 3 nitrogen and oxygen atoms in total. The van der Waals surface area contributed by atoms with Crippen LogP contribution in [0.25, 0.3) is 11.3 Å². The Hall–Kier alpha value is -1.74. The molecular formula is C14H14ClNO2. The maximum atomic E-state index is 11.8. The van der Waals surface area contributed by atoms with E-state index in [4.69, 9.17) is 16.0 Å². The Morgan fingerprint density at radius 1 is 1.17 bits per heavy atom. The third kappa shape index (κ3) is 2.14. The number of rotatable bonds is 2. The van der Waals surface area contributed by atoms with Gasteiger partial charge in [0.25, 0.3) is 0 Å². The Bertz CT molecular complexity index is 618. The summed E-state index contributed by atoms with van der Waals surface area (Å²) in [6.07, 6.45) is 0. The molecule has 0 aliphatic carbocycles. The van der Waals surface area contributed by atoms with E-state index in [-0.39, 0.29) is 5.02 Å². The smallest absolute Gasteiger partial charge is 0.357 e. The highest BCUT2D eigenvalue weighted by atomic mass is 35.5. The molecule has 0 spiro atoms. The van der Waals surface area contributed by atoms with Crippen molar-refractivity contribution in [1.82, 2.24) is 0 Å². The predicted octanol–water partition coefficient (Wildman–Crippen LogP) is 3.33. The van der Waals surface area contributed by atoms with Crippen molar-refractivity contribution >= 4 is 17.3 Å². The second kappa shape index (κ2) is 4.86. The summed E-state index contributed by atoms with van der Waals surface area (Å²) in [6, 6.07) is 9.52. The molecular weight excluding hydrogens is 250 g/mol. The van der Waals surface area contributed by atoms with Gasteiger partial charge in [0.15, 0.2) is 0 Å². The topological polar surface area (TPSA) is 33.5 Å². The molecule has 1 aromatic carbocycles. The minimum atomic E-state index is -0.509. The molecule has 0 N–H and O–H groups in total. The summed E-state index contributed by atoms with van der Waals surface area (Å²) < 4.78 is 5.30. The SMILES string of the molecule is Cc1c(-c2ccccc2)oc(=O)c(Cl)c1N(C)C. The Morgan fingerprint density at radius 2 is 1.78 bits per heavy atom. The highest BCUT2D eigenvalue weighted by Gasteiger charge is 2.17. The lowest BCUT2D eigenvalue weighted by Crippen LogP contribution is -2.16. The van der Waals surface area contributed by atoms with Crippen molar-refractivity contribution in [3.63, 3.8) is 0 Å². The summed E-state index contributed by atoms with van der Waals surface area (Å²) in [6.45, 7) is 1.90. The lowest BCUT2D eigenvalue weighted by Gasteiger charge is -2.18. The molecule has 0 unspecified atom stereocenters. The number of halogens is 1. The molecule has 0 aliphatic heterocycles. The fraction of sp³-hybridized carbons (Fsp3) is 0.214. The van der Waals surface area contributed by atoms with Gasteiger partial charge in [-0.05, 0) is 6.92 Å². The molecule has 0 radical (unpaired) electrons. The van der Waals surface area contributed by atoms with Crippen LogP contribution < -0.4 is 10.5 Å². The Morgan fingerprint density at radius 3 is 2.33 bits per heavy atom. The predicted molar refractivity (Wildman–Crippen MR) is 74.5 cm³/mol. The maximum absolute atomic E-state index is 11.8. The zero-order chi connectivity index (χ0) is 13.3. The summed E-state index contributed by atoms with van der Waals surface area (Å²) in [7, 11) is 3.70. The van der Waals surface area contributed by atoms with Gasteiger partial charge in [-0.2, -0.15) is 0 Å². The van der Waals surface area contributed by atoms with E-state index < -0.39 is 5.63 Å². The molecule has 1 heterocycles. The first-order valence-corrected chi connectivity index (χ1v) is 5.96. The first kappa shape index (κ1) is 12.7. The monoisotopic (exact) mass is 263 g/mol. The van der Waals surface area contributed by atoms with E-state index in [0.29, 0.717) is 11.4 Å². The van der Waals surface area contributed by atoms with Gasteiger partial charge in [0.1, 0.15) is 10.8 Å². The van der Waals surface area contributed by atoms with Gasteiger partial charge in [-0.25, -0.2) is 4.79 Å². The van der Waals surface area contributed by atoms with Crippen molar-refractivity contribution in [2.45, 2.75) is 6.92 Å². The highest BCUT2D eigenvalue weighted by molar-refractivity contribution is 6.33. The van der Waals surface area contributed by atoms with Crippen molar-refractivity contribution in [2.24, 2.45) is 0 Å². The number of nitrogens with zero attached hydrogens (tertiary/aromatic N) is 1. The molecule has 0 bridgehead atoms. The average molecular weight is 264 g/mol. The summed E-state index contributed by atoms with van der Waals surface area (Å²) in [5.41, 5.74) is 1.92. The van der Waals surface area contributed by atoms with E-state index >= 15 is 0 Å². The zero-order valence-electron chi connectivity index (χ0n) is 10.5. The molecule has 0 aliphatic rings. The van der Waals surface area contributed by atoms with Gasteiger partial charge < -0.3 is 9.32 Å². The van der Waals surface area contributed by atoms with E-state index in [1.54, 1.807) is 0 Å². The summed E-state index contributed by atoms with van der Waals surface area (Å²) in [5, 5.41) is 0.122. The van der Waals surface area contributed by atoms with Crippen LogP contribution in [0.3, 0.4) is 0 Å². The molecule has 18 heavy (non-hydrogen) atoms. The lowest BCUT2D eigenvalue weighted by atomic mass is 10.1. The molecule has 0 saturated carbocycles. The number of benzene rings is 1. The van der Waals surface area contributed by atoms with E-state index in [1.165, 1.54) is 0 Å². The second-order valence-electron chi connectivity index (χ2n) is 4.27. The highest BCUT2D eigenvalue weighted by Crippen LogP contribution is 2.32. The Kier molecular flexibility index (Phi) is 3.43. The van der Waals surface area contributed by atoms with Crippen molar-refractivity contribution in [3.05, 3.63) is 51.3 Å². The molecule has 0 atom stereocenters. The third-order valence-corrected chi connectivity index (χ3v) is 3.09. The second-order valence-corrected chi connectivity index (χ2v) is 4.64. The van der Waals surface area contributed by atoms with Crippen LogP contribution in [0.5, 0.6) is 0 Å². The number of anilines is 1. The van der Waals surface area contributed by atoms with E-state index in [1.807, 2.05) is 56.3 Å². The molecule has 1 aromatic heterocycles. The largest absolute Gasteiger partial charge is 0.421 e. The summed E-state index contributed by atoms with van der Waals surface area (Å²) in [4.78, 5) is 13.6. The summed E-state index contributed by atoms with van der Waals surface area (Å²) >= 11 is 6.01. The van der Waals surface area contributed by atoms with Crippen LogP contribution in [0.1, 0.15) is 5.56 Å². The lowest BCUT2D eigenvalue weighted by molar-refractivity contribution is 0.522. The zero-order valence-corrected chi connectivity index (χ0v) is 11.3. The van der Waals surface area contributed by atoms with Gasteiger partial charge in [0.05, 0.1) is 5.69 Å². The Labute approximate surface area is 111 Å². The average Bonchev–Trinajstić information content (AvgIpc) is 2.34. The Balaban J connectivity index is 2.75. The van der Waals surface area contributed by atoms with E-state index in [2.05, 4.69) is 0 Å². The van der Waals surface area contributed by atoms with Crippen molar-refractivity contribution < 1.29 is 4.42 Å². The minimum Gasteiger partial charge on any atom is -0.421 e. The van der Waals surface area contributed by atoms with Gasteiger partial charge >= 0.3 is 5.63 Å². The maximum Gasteiger partial charge on any atom is 0.357 e. The van der Waals surface area contributed by atoms with Gasteiger partial charge in [-0.1, -0.05) is 41.9 Å². The first-order chi connectivity index (χ1) is 8.52. The number of hydrogen-bond acceptors (Lipinski definition) is 3. The van der Waals surface area contributed by atoms with Gasteiger partial charge in [-0.15, -0.1) is 0 Å². The molecule has 0 fully saturated rings. The third-order valence-electron chi connectivity index (χ3n) is 2.76. The van der Waals surface area contributed by atoms with Crippen LogP contribution in [0.15, 0.2) is 39.5 Å².